The normalized spacial score (nSPS) is 20.1. The van der Waals surface area contributed by atoms with Crippen molar-refractivity contribution in [3.8, 4) is 5.75 Å². The van der Waals surface area contributed by atoms with Gasteiger partial charge < -0.3 is 15.4 Å². The van der Waals surface area contributed by atoms with Gasteiger partial charge in [-0.05, 0) is 48.9 Å². The van der Waals surface area contributed by atoms with E-state index < -0.39 is 23.4 Å². The summed E-state index contributed by atoms with van der Waals surface area (Å²) < 4.78 is 5.27. The van der Waals surface area contributed by atoms with Crippen molar-refractivity contribution in [2.75, 3.05) is 13.7 Å². The Morgan fingerprint density at radius 2 is 1.93 bits per heavy atom. The molecule has 2 N–H and O–H groups in total. The highest BCUT2D eigenvalue weighted by Crippen LogP contribution is 2.32. The van der Waals surface area contributed by atoms with Gasteiger partial charge in [-0.15, -0.1) is 0 Å². The van der Waals surface area contributed by atoms with Gasteiger partial charge in [0.25, 0.3) is 5.91 Å². The summed E-state index contributed by atoms with van der Waals surface area (Å²) in [6, 6.07) is 12.7. The van der Waals surface area contributed by atoms with E-state index in [0.29, 0.717) is 5.75 Å². The lowest BCUT2D eigenvalue weighted by molar-refractivity contribution is -0.134. The summed E-state index contributed by atoms with van der Waals surface area (Å²) in [5.74, 6) is -0.169. The fourth-order valence-corrected chi connectivity index (χ4v) is 4.16. The number of hydrogen-bond donors (Lipinski definition) is 2. The molecule has 2 aromatic carbocycles. The molecule has 1 atom stereocenters. The molecule has 2 aromatic rings. The number of amides is 4. The van der Waals surface area contributed by atoms with Crippen LogP contribution in [-0.2, 0) is 34.5 Å². The average molecular weight is 407 g/mol. The predicted molar refractivity (Wildman–Crippen MR) is 111 cm³/mol. The van der Waals surface area contributed by atoms with Crippen molar-refractivity contribution in [2.45, 2.75) is 38.3 Å². The Morgan fingerprint density at radius 1 is 1.17 bits per heavy atom. The monoisotopic (exact) mass is 407 g/mol. The van der Waals surface area contributed by atoms with Crippen LogP contribution in [-0.4, -0.2) is 36.4 Å². The number of carbonyl (C=O) groups is 3. The maximum Gasteiger partial charge on any atom is 0.325 e. The van der Waals surface area contributed by atoms with Crippen LogP contribution in [0.15, 0.2) is 42.5 Å². The SMILES string of the molecule is COc1ccccc1CNC(=O)CN1C(=O)NC(C)(c2ccc3c(c2)CCC3)C1=O. The second-order valence-corrected chi connectivity index (χ2v) is 7.87. The van der Waals surface area contributed by atoms with Gasteiger partial charge in [0.1, 0.15) is 17.8 Å². The highest BCUT2D eigenvalue weighted by molar-refractivity contribution is 6.09. The van der Waals surface area contributed by atoms with Crippen LogP contribution in [0.25, 0.3) is 0 Å². The van der Waals surface area contributed by atoms with Crippen LogP contribution in [0.1, 0.15) is 35.6 Å². The molecular weight excluding hydrogens is 382 g/mol. The Labute approximate surface area is 175 Å². The first-order chi connectivity index (χ1) is 14.4. The van der Waals surface area contributed by atoms with Gasteiger partial charge in [-0.3, -0.25) is 14.5 Å². The zero-order chi connectivity index (χ0) is 21.3. The number of hydrogen-bond acceptors (Lipinski definition) is 4. The minimum atomic E-state index is -1.17. The number of urea groups is 1. The molecule has 1 saturated heterocycles. The van der Waals surface area contributed by atoms with Crippen molar-refractivity contribution < 1.29 is 19.1 Å². The molecule has 1 unspecified atom stereocenters. The zero-order valence-electron chi connectivity index (χ0n) is 17.2. The van der Waals surface area contributed by atoms with Crippen LogP contribution in [0.5, 0.6) is 5.75 Å². The number of fused-ring (bicyclic) bond motifs is 1. The van der Waals surface area contributed by atoms with Gasteiger partial charge in [-0.2, -0.15) is 0 Å². The molecule has 2 aliphatic rings. The van der Waals surface area contributed by atoms with E-state index in [9.17, 15) is 14.4 Å². The van der Waals surface area contributed by atoms with Crippen LogP contribution < -0.4 is 15.4 Å². The molecule has 0 aromatic heterocycles. The van der Waals surface area contributed by atoms with Crippen LogP contribution in [0.2, 0.25) is 0 Å². The number of benzene rings is 2. The van der Waals surface area contributed by atoms with Crippen molar-refractivity contribution in [2.24, 2.45) is 0 Å². The molecule has 4 amide bonds. The standard InChI is InChI=1S/C23H25N3O4/c1-23(18-11-10-15-7-5-8-16(15)12-18)21(28)26(22(29)25-23)14-20(27)24-13-17-6-3-4-9-19(17)30-2/h3-4,6,9-12H,5,7-8,13-14H2,1-2H3,(H,24,27)(H,25,29). The molecular formula is C23H25N3O4. The molecule has 0 radical (unpaired) electrons. The van der Waals surface area contributed by atoms with E-state index in [1.165, 1.54) is 11.1 Å². The summed E-state index contributed by atoms with van der Waals surface area (Å²) in [6.07, 6.45) is 3.13. The lowest BCUT2D eigenvalue weighted by atomic mass is 9.89. The van der Waals surface area contributed by atoms with Gasteiger partial charge in [-0.25, -0.2) is 4.79 Å². The first-order valence-corrected chi connectivity index (χ1v) is 10.1. The molecule has 30 heavy (non-hydrogen) atoms. The fraction of sp³-hybridized carbons (Fsp3) is 0.348. The minimum absolute atomic E-state index is 0.245. The smallest absolute Gasteiger partial charge is 0.325 e. The largest absolute Gasteiger partial charge is 0.496 e. The lowest BCUT2D eigenvalue weighted by Crippen LogP contribution is -2.43. The molecule has 0 spiro atoms. The maximum absolute atomic E-state index is 13.1. The summed E-state index contributed by atoms with van der Waals surface area (Å²) in [7, 11) is 1.56. The minimum Gasteiger partial charge on any atom is -0.496 e. The second-order valence-electron chi connectivity index (χ2n) is 7.87. The van der Waals surface area contributed by atoms with E-state index in [0.717, 1.165) is 35.3 Å². The van der Waals surface area contributed by atoms with Crippen LogP contribution in [0, 0.1) is 0 Å². The third-order valence-electron chi connectivity index (χ3n) is 5.92. The fourth-order valence-electron chi connectivity index (χ4n) is 4.16. The summed E-state index contributed by atoms with van der Waals surface area (Å²) >= 11 is 0. The van der Waals surface area contributed by atoms with Crippen LogP contribution >= 0.6 is 0 Å². The number of methoxy groups -OCH3 is 1. The maximum atomic E-state index is 13.1. The molecule has 1 aliphatic carbocycles. The van der Waals surface area contributed by atoms with Gasteiger partial charge in [0.15, 0.2) is 0 Å². The molecule has 1 fully saturated rings. The molecule has 7 heteroatoms. The summed E-state index contributed by atoms with van der Waals surface area (Å²) in [5.41, 5.74) is 2.92. The molecule has 156 valence electrons. The zero-order valence-corrected chi connectivity index (χ0v) is 17.2. The lowest BCUT2D eigenvalue weighted by Gasteiger charge is -2.23. The van der Waals surface area contributed by atoms with Crippen molar-refractivity contribution >= 4 is 17.8 Å². The van der Waals surface area contributed by atoms with Crippen molar-refractivity contribution in [3.63, 3.8) is 0 Å². The highest BCUT2D eigenvalue weighted by atomic mass is 16.5. The molecule has 1 aliphatic heterocycles. The second kappa shape index (κ2) is 7.82. The van der Waals surface area contributed by atoms with E-state index in [1.54, 1.807) is 20.1 Å². The predicted octanol–water partition coefficient (Wildman–Crippen LogP) is 2.27. The molecule has 0 saturated carbocycles. The van der Waals surface area contributed by atoms with Crippen LogP contribution in [0.3, 0.4) is 0 Å². The van der Waals surface area contributed by atoms with E-state index in [-0.39, 0.29) is 13.1 Å². The van der Waals surface area contributed by atoms with Gasteiger partial charge in [0, 0.05) is 12.1 Å². The van der Waals surface area contributed by atoms with Crippen molar-refractivity contribution in [1.29, 1.82) is 0 Å². The summed E-state index contributed by atoms with van der Waals surface area (Å²) in [4.78, 5) is 39.0. The Morgan fingerprint density at radius 3 is 2.73 bits per heavy atom. The average Bonchev–Trinajstić information content (AvgIpc) is 3.30. The van der Waals surface area contributed by atoms with E-state index in [2.05, 4.69) is 10.6 Å². The van der Waals surface area contributed by atoms with Gasteiger partial charge in [0.05, 0.1) is 7.11 Å². The Bertz CT molecular complexity index is 1020. The molecule has 7 nitrogen and oxygen atoms in total. The van der Waals surface area contributed by atoms with Crippen molar-refractivity contribution in [1.82, 2.24) is 15.5 Å². The molecule has 1 heterocycles. The van der Waals surface area contributed by atoms with Crippen molar-refractivity contribution in [3.05, 3.63) is 64.7 Å². The Balaban J connectivity index is 1.44. The first-order valence-electron chi connectivity index (χ1n) is 10.1. The number of nitrogens with zero attached hydrogens (tertiary/aromatic N) is 1. The van der Waals surface area contributed by atoms with Gasteiger partial charge in [-0.1, -0.05) is 36.4 Å². The third-order valence-corrected chi connectivity index (χ3v) is 5.92. The summed E-state index contributed by atoms with van der Waals surface area (Å²) in [5, 5.41) is 5.52. The van der Waals surface area contributed by atoms with E-state index in [1.807, 2.05) is 36.4 Å². The molecule has 0 bridgehead atoms. The quantitative estimate of drug-likeness (QED) is 0.719. The number of ether oxygens (including phenoxy) is 1. The number of aryl methyl sites for hydroxylation is 2. The van der Waals surface area contributed by atoms with E-state index >= 15 is 0 Å². The van der Waals surface area contributed by atoms with Gasteiger partial charge >= 0.3 is 6.03 Å². The third kappa shape index (κ3) is 3.51. The number of imide groups is 1. The number of carbonyl (C=O) groups excluding carboxylic acids is 3. The Hall–Kier alpha value is -3.35. The highest BCUT2D eigenvalue weighted by Gasteiger charge is 2.49. The number of para-hydroxylation sites is 1. The number of nitrogens with one attached hydrogen (secondary N) is 2. The van der Waals surface area contributed by atoms with Gasteiger partial charge in [0.2, 0.25) is 5.91 Å². The number of rotatable bonds is 6. The van der Waals surface area contributed by atoms with Crippen LogP contribution in [0.4, 0.5) is 4.79 Å². The summed E-state index contributed by atoms with van der Waals surface area (Å²) in [6.45, 7) is 1.60. The topological polar surface area (TPSA) is 87.7 Å². The van der Waals surface area contributed by atoms with E-state index in [4.69, 9.17) is 4.74 Å². The Kier molecular flexibility index (Phi) is 5.20. The molecule has 4 rings (SSSR count). The first kappa shape index (κ1) is 19.9.